The largest absolute Gasteiger partial charge is 0.356 e. The van der Waals surface area contributed by atoms with Crippen LogP contribution in [-0.4, -0.2) is 76.1 Å². The second-order valence-electron chi connectivity index (χ2n) is 11.3. The van der Waals surface area contributed by atoms with E-state index in [1.165, 1.54) is 0 Å². The first kappa shape index (κ1) is 25.0. The van der Waals surface area contributed by atoms with Crippen LogP contribution in [0.4, 0.5) is 5.69 Å². The lowest BCUT2D eigenvalue weighted by atomic mass is 9.78. The van der Waals surface area contributed by atoms with Crippen LogP contribution in [0.25, 0.3) is 5.69 Å². The number of amides is 3. The van der Waals surface area contributed by atoms with Crippen LogP contribution in [0.2, 0.25) is 0 Å². The predicted molar refractivity (Wildman–Crippen MR) is 150 cm³/mol. The number of carbonyl (C=O) groups is 3. The van der Waals surface area contributed by atoms with Crippen LogP contribution < -0.4 is 10.2 Å². The molecule has 2 bridgehead atoms. The third kappa shape index (κ3) is 3.78. The maximum absolute atomic E-state index is 14.4. The van der Waals surface area contributed by atoms with Gasteiger partial charge in [-0.2, -0.15) is 5.10 Å². The minimum atomic E-state index is -0.929. The van der Waals surface area contributed by atoms with Crippen LogP contribution >= 0.6 is 0 Å². The Hall–Kier alpha value is -3.98. The van der Waals surface area contributed by atoms with Crippen molar-refractivity contribution in [3.63, 3.8) is 0 Å². The van der Waals surface area contributed by atoms with Crippen molar-refractivity contribution in [3.05, 3.63) is 78.1 Å². The van der Waals surface area contributed by atoms with Gasteiger partial charge < -0.3 is 15.1 Å². The van der Waals surface area contributed by atoms with E-state index >= 15 is 0 Å². The molecule has 0 aliphatic carbocycles. The Kier molecular flexibility index (Phi) is 6.19. The highest BCUT2D eigenvalue weighted by atomic mass is 16.2. The first-order chi connectivity index (χ1) is 19.6. The van der Waals surface area contributed by atoms with Gasteiger partial charge in [0.15, 0.2) is 0 Å². The number of aromatic nitrogens is 2. The first-order valence-electron chi connectivity index (χ1n) is 14.4. The van der Waals surface area contributed by atoms with Gasteiger partial charge in [0.05, 0.1) is 11.6 Å². The van der Waals surface area contributed by atoms with Crippen molar-refractivity contribution in [1.29, 1.82) is 0 Å². The monoisotopic (exact) mass is 538 g/mol. The molecule has 5 heterocycles. The van der Waals surface area contributed by atoms with E-state index in [9.17, 15) is 14.4 Å². The number of fused-ring (bicyclic) bond motifs is 4. The zero-order chi connectivity index (χ0) is 27.3. The standard InChI is InChI=1S/C31H34N6O3/c38-28-26-21-24-7-3-19-36(24)31(26)25-8-1-2-9-27(25)35(30(31)40)18-6-17-34(16-4-14-32-28)29(39)22-10-12-23(13-11-22)37-20-5-15-33-37/h1-2,5,8-13,15,20,24,26H,3-4,6-7,14,16-19,21H2,(H,32,38)/t24-,26-,31+/m0/s1. The molecule has 1 aromatic heterocycles. The van der Waals surface area contributed by atoms with E-state index in [1.807, 2.05) is 70.6 Å². The number of hydrogen-bond donors (Lipinski definition) is 1. The molecule has 3 amide bonds. The molecule has 1 N–H and O–H groups in total. The van der Waals surface area contributed by atoms with Crippen LogP contribution in [0.15, 0.2) is 67.0 Å². The smallest absolute Gasteiger partial charge is 0.253 e. The van der Waals surface area contributed by atoms with Gasteiger partial charge in [-0.15, -0.1) is 0 Å². The number of nitrogens with zero attached hydrogens (tertiary/aromatic N) is 5. The van der Waals surface area contributed by atoms with Crippen LogP contribution in [0.3, 0.4) is 0 Å². The number of carbonyl (C=O) groups excluding carboxylic acids is 3. The van der Waals surface area contributed by atoms with Gasteiger partial charge in [-0.25, -0.2) is 4.68 Å². The highest BCUT2D eigenvalue weighted by Gasteiger charge is 2.67. The first-order valence-corrected chi connectivity index (χ1v) is 14.4. The van der Waals surface area contributed by atoms with E-state index in [2.05, 4.69) is 15.3 Å². The third-order valence-corrected chi connectivity index (χ3v) is 9.22. The maximum atomic E-state index is 14.4. The molecule has 0 unspecified atom stereocenters. The third-order valence-electron chi connectivity index (χ3n) is 9.22. The summed E-state index contributed by atoms with van der Waals surface area (Å²) in [5.41, 5.74) is 2.44. The summed E-state index contributed by atoms with van der Waals surface area (Å²) in [5, 5.41) is 7.40. The number of benzene rings is 2. The molecule has 3 fully saturated rings. The summed E-state index contributed by atoms with van der Waals surface area (Å²) in [7, 11) is 0. The van der Waals surface area contributed by atoms with Crippen molar-refractivity contribution in [3.8, 4) is 5.69 Å². The van der Waals surface area contributed by atoms with Crippen LogP contribution in [0.1, 0.15) is 48.0 Å². The molecule has 2 aromatic carbocycles. The van der Waals surface area contributed by atoms with Crippen molar-refractivity contribution in [2.45, 2.75) is 43.7 Å². The van der Waals surface area contributed by atoms with E-state index in [0.717, 1.165) is 36.3 Å². The molecule has 4 aliphatic heterocycles. The van der Waals surface area contributed by atoms with Crippen molar-refractivity contribution < 1.29 is 14.4 Å². The molecule has 206 valence electrons. The molecular formula is C31H34N6O3. The normalized spacial score (nSPS) is 26.8. The average Bonchev–Trinajstić information content (AvgIpc) is 3.76. The van der Waals surface area contributed by atoms with E-state index < -0.39 is 11.5 Å². The molecular weight excluding hydrogens is 504 g/mol. The Bertz CT molecular complexity index is 1440. The van der Waals surface area contributed by atoms with Crippen molar-refractivity contribution in [2.75, 3.05) is 37.6 Å². The average molecular weight is 539 g/mol. The van der Waals surface area contributed by atoms with Crippen LogP contribution in [0, 0.1) is 5.92 Å². The van der Waals surface area contributed by atoms with Crippen LogP contribution in [0.5, 0.6) is 0 Å². The van der Waals surface area contributed by atoms with Crippen molar-refractivity contribution in [2.24, 2.45) is 5.92 Å². The van der Waals surface area contributed by atoms with E-state index in [0.29, 0.717) is 51.0 Å². The highest BCUT2D eigenvalue weighted by molar-refractivity contribution is 6.11. The van der Waals surface area contributed by atoms with Gasteiger partial charge in [-0.05, 0) is 75.0 Å². The Balaban J connectivity index is 1.17. The summed E-state index contributed by atoms with van der Waals surface area (Å²) in [6.07, 6.45) is 7.69. The lowest BCUT2D eigenvalue weighted by Gasteiger charge is -2.37. The fourth-order valence-electron chi connectivity index (χ4n) is 7.48. The molecule has 3 atom stereocenters. The summed E-state index contributed by atoms with van der Waals surface area (Å²) in [4.78, 5) is 47.8. The summed E-state index contributed by atoms with van der Waals surface area (Å²) >= 11 is 0. The SMILES string of the molecule is O=C1NCCCN(C(=O)c2ccc(-n3cccn3)cc2)CCCN2C(=O)[C@@]3(c4ccccc42)[C@H]1C[C@@H]1CCCN13. The summed E-state index contributed by atoms with van der Waals surface area (Å²) in [5.74, 6) is -0.492. The zero-order valence-electron chi connectivity index (χ0n) is 22.5. The summed E-state index contributed by atoms with van der Waals surface area (Å²) in [6, 6.07) is 17.6. The van der Waals surface area contributed by atoms with Gasteiger partial charge >= 0.3 is 0 Å². The molecule has 0 saturated carbocycles. The second kappa shape index (κ2) is 9.89. The van der Waals surface area contributed by atoms with Crippen molar-refractivity contribution >= 4 is 23.4 Å². The zero-order valence-corrected chi connectivity index (χ0v) is 22.5. The Labute approximate surface area is 233 Å². The molecule has 1 spiro atoms. The van der Waals surface area contributed by atoms with Crippen molar-refractivity contribution in [1.82, 2.24) is 24.9 Å². The Morgan fingerprint density at radius 1 is 0.925 bits per heavy atom. The van der Waals surface area contributed by atoms with Crippen LogP contribution in [-0.2, 0) is 15.1 Å². The lowest BCUT2D eigenvalue weighted by Crippen LogP contribution is -2.56. The summed E-state index contributed by atoms with van der Waals surface area (Å²) in [6.45, 7) is 2.88. The Morgan fingerprint density at radius 2 is 1.75 bits per heavy atom. The second-order valence-corrected chi connectivity index (χ2v) is 11.3. The lowest BCUT2D eigenvalue weighted by molar-refractivity contribution is -0.138. The summed E-state index contributed by atoms with van der Waals surface area (Å²) < 4.78 is 1.76. The molecule has 9 heteroatoms. The molecule has 9 nitrogen and oxygen atoms in total. The number of para-hydroxylation sites is 1. The minimum Gasteiger partial charge on any atom is -0.356 e. The van der Waals surface area contributed by atoms with Gasteiger partial charge in [0.25, 0.3) is 11.8 Å². The van der Waals surface area contributed by atoms with Gasteiger partial charge in [-0.3, -0.25) is 19.3 Å². The quantitative estimate of drug-likeness (QED) is 0.542. The van der Waals surface area contributed by atoms with E-state index in [1.54, 1.807) is 10.9 Å². The molecule has 3 aromatic rings. The molecule has 3 saturated heterocycles. The minimum absolute atomic E-state index is 0.0181. The fourth-order valence-corrected chi connectivity index (χ4v) is 7.48. The fraction of sp³-hybridized carbons (Fsp3) is 0.419. The molecule has 40 heavy (non-hydrogen) atoms. The maximum Gasteiger partial charge on any atom is 0.253 e. The van der Waals surface area contributed by atoms with Gasteiger partial charge in [0, 0.05) is 61.4 Å². The highest BCUT2D eigenvalue weighted by Crippen LogP contribution is 2.57. The molecule has 4 aliphatic rings. The number of anilines is 1. The number of rotatable bonds is 2. The van der Waals surface area contributed by atoms with Gasteiger partial charge in [0.2, 0.25) is 5.91 Å². The van der Waals surface area contributed by atoms with Gasteiger partial charge in [0.1, 0.15) is 5.54 Å². The van der Waals surface area contributed by atoms with E-state index in [-0.39, 0.29) is 23.8 Å². The van der Waals surface area contributed by atoms with Gasteiger partial charge in [-0.1, -0.05) is 18.2 Å². The van der Waals surface area contributed by atoms with E-state index in [4.69, 9.17) is 0 Å². The predicted octanol–water partition coefficient (Wildman–Crippen LogP) is 2.95. The topological polar surface area (TPSA) is 90.8 Å². The number of hydrogen-bond acceptors (Lipinski definition) is 5. The Morgan fingerprint density at radius 3 is 2.58 bits per heavy atom. The molecule has 0 radical (unpaired) electrons. The molecule has 7 rings (SSSR count). The number of nitrogens with one attached hydrogen (secondary N) is 1.